The number of piperazine rings is 1. The Balaban J connectivity index is 0.686. The van der Waals surface area contributed by atoms with Crippen LogP contribution < -0.4 is 26.2 Å². The number of aliphatic hydroxyl groups is 1. The van der Waals surface area contributed by atoms with Gasteiger partial charge in [0.15, 0.2) is 5.82 Å². The number of benzene rings is 2. The molecule has 72 heavy (non-hydrogen) atoms. The Hall–Kier alpha value is -6.66. The number of nitrogens with one attached hydrogen (secondary N) is 2. The molecule has 7 heterocycles. The summed E-state index contributed by atoms with van der Waals surface area (Å²) in [7, 11) is 0. The molecule has 4 aliphatic heterocycles. The molecular weight excluding hydrogens is 911 g/mol. The normalized spacial score (nSPS) is 24.3. The number of β-amino-alcohol motifs (C(OH)–C–C–N with tert-alkyl or cyclic N) is 1. The maximum atomic E-state index is 14.3. The number of hydrogen-bond acceptors (Lipinski definition) is 14. The number of imidazole rings is 1. The van der Waals surface area contributed by atoms with Gasteiger partial charge in [-0.05, 0) is 124 Å². The molecule has 18 heteroatoms. The molecule has 5 fully saturated rings. The van der Waals surface area contributed by atoms with E-state index in [1.165, 1.54) is 10.5 Å². The van der Waals surface area contributed by atoms with Gasteiger partial charge in [0.25, 0.3) is 0 Å². The second-order valence-electron chi connectivity index (χ2n) is 21.8. The lowest BCUT2D eigenvalue weighted by Gasteiger charge is -2.42. The van der Waals surface area contributed by atoms with E-state index in [-0.39, 0.29) is 61.0 Å². The van der Waals surface area contributed by atoms with Gasteiger partial charge in [0.2, 0.25) is 23.7 Å². The molecule has 6 N–H and O–H groups in total. The first-order chi connectivity index (χ1) is 34.7. The lowest BCUT2D eigenvalue weighted by atomic mass is 9.81. The fraction of sp³-hybridized carbons (Fsp3) is 0.519. The van der Waals surface area contributed by atoms with Gasteiger partial charge in [-0.3, -0.25) is 14.4 Å². The van der Waals surface area contributed by atoms with Crippen LogP contribution in [0, 0.1) is 18.3 Å². The van der Waals surface area contributed by atoms with Crippen LogP contribution in [-0.2, 0) is 20.9 Å². The Bertz CT molecular complexity index is 2710. The summed E-state index contributed by atoms with van der Waals surface area (Å²) < 4.78 is 1.98. The van der Waals surface area contributed by atoms with E-state index in [1.54, 1.807) is 18.3 Å². The monoisotopic (exact) mass is 980 g/mol. The van der Waals surface area contributed by atoms with Gasteiger partial charge in [-0.1, -0.05) is 45.0 Å². The molecule has 4 saturated heterocycles. The van der Waals surface area contributed by atoms with Crippen molar-refractivity contribution in [2.24, 2.45) is 11.3 Å². The van der Waals surface area contributed by atoms with Crippen molar-refractivity contribution >= 4 is 35.2 Å². The number of rotatable bonds is 12. The predicted octanol–water partition coefficient (Wildman–Crippen LogP) is 5.12. The fourth-order valence-corrected chi connectivity index (χ4v) is 12.0. The number of aryl methyl sites for hydroxylation is 1. The van der Waals surface area contributed by atoms with E-state index >= 15 is 0 Å². The van der Waals surface area contributed by atoms with Gasteiger partial charge in [0, 0.05) is 92.7 Å². The third-order valence-corrected chi connectivity index (χ3v) is 16.0. The van der Waals surface area contributed by atoms with E-state index in [4.69, 9.17) is 15.7 Å². The van der Waals surface area contributed by atoms with Crippen LogP contribution in [0.2, 0.25) is 0 Å². The molecular formula is C54H69N13O5. The number of aromatic nitrogens is 6. The number of aliphatic hydroxyl groups excluding tert-OH is 1. The van der Waals surface area contributed by atoms with Crippen LogP contribution in [0.25, 0.3) is 16.9 Å². The first kappa shape index (κ1) is 48.9. The zero-order valence-corrected chi connectivity index (χ0v) is 41.9. The summed E-state index contributed by atoms with van der Waals surface area (Å²) in [6.07, 6.45) is 14.5. The van der Waals surface area contributed by atoms with Gasteiger partial charge >= 0.3 is 0 Å². The topological polar surface area (TPSA) is 224 Å². The van der Waals surface area contributed by atoms with Crippen molar-refractivity contribution in [3.63, 3.8) is 0 Å². The molecule has 10 rings (SSSR count). The van der Waals surface area contributed by atoms with E-state index in [1.807, 2.05) is 93.3 Å². The van der Waals surface area contributed by atoms with E-state index in [2.05, 4.69) is 40.5 Å². The SMILES string of the molecule is Cc1nccn1-c1ccc(CNC(=O)[C@@H]2C[C@@H](O)CN2C(=O)[C@@H](NC(=O)[C@H]2CC[C@@H](N3CCC(c4cnc(N5C6CCC5CN(c5cc(-c7ccccc7O)nnc5N)C6)nc4)CC3)CC2)C(C)(C)C)cc1. The number of fused-ring (bicyclic) bond motifs is 2. The largest absolute Gasteiger partial charge is 0.507 e. The Morgan fingerprint density at radius 1 is 0.833 bits per heavy atom. The first-order valence-electron chi connectivity index (χ1n) is 25.8. The molecule has 5 atom stereocenters. The summed E-state index contributed by atoms with van der Waals surface area (Å²) in [5.74, 6) is 1.57. The smallest absolute Gasteiger partial charge is 0.246 e. The maximum absolute atomic E-state index is 14.3. The van der Waals surface area contributed by atoms with Crippen LogP contribution in [0.4, 0.5) is 17.5 Å². The van der Waals surface area contributed by atoms with E-state index < -0.39 is 23.6 Å². The van der Waals surface area contributed by atoms with Gasteiger partial charge in [-0.25, -0.2) is 15.0 Å². The van der Waals surface area contributed by atoms with Gasteiger partial charge in [0.1, 0.15) is 23.7 Å². The number of carbonyl (C=O) groups excluding carboxylic acids is 3. The molecule has 5 aliphatic rings. The molecule has 380 valence electrons. The molecule has 0 radical (unpaired) electrons. The number of nitrogens with zero attached hydrogens (tertiary/aromatic N) is 10. The van der Waals surface area contributed by atoms with Crippen molar-refractivity contribution in [3.8, 4) is 22.7 Å². The van der Waals surface area contributed by atoms with Crippen molar-refractivity contribution < 1.29 is 24.6 Å². The van der Waals surface area contributed by atoms with E-state index in [0.717, 1.165) is 106 Å². The van der Waals surface area contributed by atoms with Crippen LogP contribution >= 0.6 is 0 Å². The number of carbonyl (C=O) groups is 3. The highest BCUT2D eigenvalue weighted by molar-refractivity contribution is 5.93. The standard InChI is InChI=1S/C54H69N13O5/c1-33-56-21-24-65(33)39-13-9-34(10-14-39)27-57-51(71)46-25-42(68)32-66(46)52(72)48(54(2,3)4)60-50(70)36-11-15-38(16-12-36)63-22-19-35(20-23-63)37-28-58-53(59-29-37)67-40-17-18-41(67)31-64(30-40)45-26-44(61-62-49(45)55)43-7-5-6-8-47(43)69/h5-10,13-14,21,24,26,28-29,35-36,38,40-42,46,48,68-69H,11-12,15-20,22-23,25,27,30-32H2,1-4H3,(H2,55,62)(H,57,71)(H,60,70)/t36-,38+,40?,41?,42-,46+,48-/m1/s1. The lowest BCUT2D eigenvalue weighted by molar-refractivity contribution is -0.144. The molecule has 2 aromatic carbocycles. The van der Waals surface area contributed by atoms with Gasteiger partial charge in [-0.15, -0.1) is 10.2 Å². The minimum atomic E-state index is -0.859. The van der Waals surface area contributed by atoms with E-state index in [9.17, 15) is 24.6 Å². The van der Waals surface area contributed by atoms with Crippen molar-refractivity contribution in [2.45, 2.75) is 134 Å². The summed E-state index contributed by atoms with van der Waals surface area (Å²) in [4.78, 5) is 64.8. The second kappa shape index (κ2) is 20.5. The summed E-state index contributed by atoms with van der Waals surface area (Å²) in [6.45, 7) is 11.5. The predicted molar refractivity (Wildman–Crippen MR) is 274 cm³/mol. The average Bonchev–Trinajstić information content (AvgIpc) is 4.08. The van der Waals surface area contributed by atoms with Crippen LogP contribution in [-0.4, -0.2) is 136 Å². The zero-order valence-electron chi connectivity index (χ0n) is 41.9. The molecule has 1 aliphatic carbocycles. The van der Waals surface area contributed by atoms with Gasteiger partial charge < -0.3 is 50.7 Å². The number of phenols is 1. The Kier molecular flexibility index (Phi) is 13.9. The zero-order chi connectivity index (χ0) is 50.3. The lowest BCUT2D eigenvalue weighted by Crippen LogP contribution is -2.58. The number of nitrogens with two attached hydrogens (primary N) is 1. The fourth-order valence-electron chi connectivity index (χ4n) is 12.0. The second-order valence-corrected chi connectivity index (χ2v) is 21.8. The van der Waals surface area contributed by atoms with Crippen LogP contribution in [0.15, 0.2) is 79.4 Å². The van der Waals surface area contributed by atoms with Crippen LogP contribution in [0.3, 0.4) is 0 Å². The van der Waals surface area contributed by atoms with E-state index in [0.29, 0.717) is 29.0 Å². The maximum Gasteiger partial charge on any atom is 0.246 e. The van der Waals surface area contributed by atoms with Crippen LogP contribution in [0.1, 0.15) is 101 Å². The highest BCUT2D eigenvalue weighted by atomic mass is 16.3. The average molecular weight is 980 g/mol. The molecule has 1 saturated carbocycles. The van der Waals surface area contributed by atoms with Crippen molar-refractivity contribution in [3.05, 3.63) is 96.3 Å². The summed E-state index contributed by atoms with van der Waals surface area (Å²) in [6, 6.07) is 16.1. The van der Waals surface area contributed by atoms with Crippen molar-refractivity contribution in [1.29, 1.82) is 0 Å². The van der Waals surface area contributed by atoms with Crippen molar-refractivity contribution in [2.75, 3.05) is 48.3 Å². The number of phenolic OH excluding ortho intramolecular Hbond substituents is 1. The molecule has 2 unspecified atom stereocenters. The highest BCUT2D eigenvalue weighted by Gasteiger charge is 2.46. The van der Waals surface area contributed by atoms with Gasteiger partial charge in [0.05, 0.1) is 17.5 Å². The number of nitrogen functional groups attached to an aromatic ring is 1. The number of piperidine rings is 1. The Morgan fingerprint density at radius 3 is 2.17 bits per heavy atom. The van der Waals surface area contributed by atoms with Crippen LogP contribution in [0.5, 0.6) is 5.75 Å². The molecule has 2 bridgehead atoms. The molecule has 3 aromatic heterocycles. The quantitative estimate of drug-likeness (QED) is 0.110. The minimum absolute atomic E-state index is 0.0333. The first-order valence-corrected chi connectivity index (χ1v) is 25.8. The Labute approximate surface area is 421 Å². The Morgan fingerprint density at radius 2 is 1.51 bits per heavy atom. The number of aromatic hydroxyl groups is 1. The number of likely N-dealkylation sites (tertiary alicyclic amines) is 2. The summed E-state index contributed by atoms with van der Waals surface area (Å²) >= 11 is 0. The number of anilines is 3. The molecule has 0 spiro atoms. The molecule has 3 amide bonds. The van der Waals surface area contributed by atoms with Gasteiger partial charge in [-0.2, -0.15) is 0 Å². The minimum Gasteiger partial charge on any atom is -0.507 e. The number of para-hydroxylation sites is 1. The molecule has 18 nitrogen and oxygen atoms in total. The number of amides is 3. The summed E-state index contributed by atoms with van der Waals surface area (Å²) in [5, 5.41) is 35.8. The third kappa shape index (κ3) is 10.2. The third-order valence-electron chi connectivity index (χ3n) is 16.0. The molecule has 5 aromatic rings. The van der Waals surface area contributed by atoms with Crippen molar-refractivity contribution in [1.82, 2.24) is 50.1 Å². The summed E-state index contributed by atoms with van der Waals surface area (Å²) in [5.41, 5.74) is 10.8. The highest BCUT2D eigenvalue weighted by Crippen LogP contribution is 2.39. The number of hydrogen-bond donors (Lipinski definition) is 5.